The largest absolute Gasteiger partial charge is 0.308 e. The third kappa shape index (κ3) is 6.85. The Kier molecular flexibility index (Phi) is 8.83. The molecule has 2 heterocycles. The van der Waals surface area contributed by atoms with Crippen LogP contribution in [-0.4, -0.2) is 93.0 Å². The summed E-state index contributed by atoms with van der Waals surface area (Å²) in [6.07, 6.45) is 3.92. The third-order valence-corrected chi connectivity index (χ3v) is 7.99. The maximum absolute atomic E-state index is 12.4. The molecule has 0 amide bonds. The van der Waals surface area contributed by atoms with E-state index < -0.39 is 10.0 Å². The molecule has 0 spiro atoms. The molecule has 1 aromatic rings. The summed E-state index contributed by atoms with van der Waals surface area (Å²) in [4.78, 5) is 17.1. The van der Waals surface area contributed by atoms with Gasteiger partial charge in [0.2, 0.25) is 10.0 Å². The van der Waals surface area contributed by atoms with Crippen LogP contribution in [0.4, 0.5) is 0 Å². The van der Waals surface area contributed by atoms with Gasteiger partial charge in [-0.1, -0.05) is 30.7 Å². The maximum atomic E-state index is 12.4. The zero-order valence-corrected chi connectivity index (χ0v) is 19.0. The van der Waals surface area contributed by atoms with E-state index >= 15 is 0 Å². The Morgan fingerprint density at radius 2 is 1.60 bits per heavy atom. The summed E-state index contributed by atoms with van der Waals surface area (Å²) in [7, 11) is -3.09. The lowest BCUT2D eigenvalue weighted by molar-refractivity contribution is 0.0989. The fraction of sp³-hybridized carbons (Fsp3) is 0.682. The average molecular weight is 437 g/mol. The molecule has 0 unspecified atom stereocenters. The lowest BCUT2D eigenvalue weighted by Crippen LogP contribution is -2.48. The van der Waals surface area contributed by atoms with Gasteiger partial charge in [-0.25, -0.2) is 8.42 Å². The molecule has 8 heteroatoms. The number of hydrogen-bond donors (Lipinski definition) is 1. The van der Waals surface area contributed by atoms with E-state index in [0.717, 1.165) is 43.9 Å². The molecule has 168 valence electrons. The Morgan fingerprint density at radius 1 is 0.933 bits per heavy atom. The van der Waals surface area contributed by atoms with Crippen molar-refractivity contribution < 1.29 is 13.2 Å². The standard InChI is InChI=1S/C22H36N4O3S/c1-2-30(28,29)26-16-14-25(15-17-26)19-20-6-8-21(9-7-20)22(27)18-23-10-13-24-11-4-3-5-12-24/h6-9,23H,2-5,10-19H2,1H3. The number of benzene rings is 1. The zero-order valence-electron chi connectivity index (χ0n) is 18.2. The maximum Gasteiger partial charge on any atom is 0.213 e. The highest BCUT2D eigenvalue weighted by atomic mass is 32.2. The highest BCUT2D eigenvalue weighted by Crippen LogP contribution is 2.13. The molecule has 0 radical (unpaired) electrons. The Labute approximate surface area is 181 Å². The van der Waals surface area contributed by atoms with Gasteiger partial charge in [-0.3, -0.25) is 9.69 Å². The Hall–Kier alpha value is -1.32. The predicted molar refractivity (Wildman–Crippen MR) is 120 cm³/mol. The molecule has 1 N–H and O–H groups in total. The summed E-state index contributed by atoms with van der Waals surface area (Å²) in [5.74, 6) is 0.286. The average Bonchev–Trinajstić information content (AvgIpc) is 2.78. The molecule has 0 aliphatic carbocycles. The van der Waals surface area contributed by atoms with Gasteiger partial charge in [0.25, 0.3) is 0 Å². The molecule has 3 rings (SSSR count). The number of Topliss-reactive ketones (excluding diaryl/α,β-unsaturated/α-hetero) is 1. The van der Waals surface area contributed by atoms with Crippen molar-refractivity contribution in [2.75, 3.05) is 64.7 Å². The van der Waals surface area contributed by atoms with E-state index in [-0.39, 0.29) is 11.5 Å². The molecule has 0 bridgehead atoms. The third-order valence-electron chi connectivity index (χ3n) is 6.11. The van der Waals surface area contributed by atoms with E-state index in [0.29, 0.717) is 19.6 Å². The van der Waals surface area contributed by atoms with Crippen molar-refractivity contribution in [1.29, 1.82) is 0 Å². The van der Waals surface area contributed by atoms with Crippen LogP contribution in [-0.2, 0) is 16.6 Å². The summed E-state index contributed by atoms with van der Waals surface area (Å²) in [6, 6.07) is 7.83. The van der Waals surface area contributed by atoms with E-state index in [1.807, 2.05) is 24.3 Å². The molecule has 0 saturated carbocycles. The highest BCUT2D eigenvalue weighted by Gasteiger charge is 2.25. The smallest absolute Gasteiger partial charge is 0.213 e. The number of piperidine rings is 1. The predicted octanol–water partition coefficient (Wildman–Crippen LogP) is 1.41. The number of carbonyl (C=O) groups is 1. The fourth-order valence-electron chi connectivity index (χ4n) is 4.13. The minimum Gasteiger partial charge on any atom is -0.308 e. The number of rotatable bonds is 10. The number of piperazine rings is 1. The van der Waals surface area contributed by atoms with Crippen LogP contribution in [0, 0.1) is 0 Å². The summed E-state index contributed by atoms with van der Waals surface area (Å²) >= 11 is 0. The van der Waals surface area contributed by atoms with Gasteiger partial charge in [-0.15, -0.1) is 0 Å². The monoisotopic (exact) mass is 436 g/mol. The van der Waals surface area contributed by atoms with Gasteiger partial charge >= 0.3 is 0 Å². The molecular weight excluding hydrogens is 400 g/mol. The lowest BCUT2D eigenvalue weighted by Gasteiger charge is -2.33. The number of likely N-dealkylation sites (tertiary alicyclic amines) is 1. The number of ketones is 1. The minimum atomic E-state index is -3.09. The van der Waals surface area contributed by atoms with Crippen molar-refractivity contribution in [3.63, 3.8) is 0 Å². The van der Waals surface area contributed by atoms with Crippen LogP contribution < -0.4 is 5.32 Å². The first-order valence-electron chi connectivity index (χ1n) is 11.2. The van der Waals surface area contributed by atoms with Gasteiger partial charge in [0.05, 0.1) is 12.3 Å². The Balaban J connectivity index is 1.37. The summed E-state index contributed by atoms with van der Waals surface area (Å²) in [6.45, 7) is 9.65. The van der Waals surface area contributed by atoms with Crippen LogP contribution in [0.3, 0.4) is 0 Å². The van der Waals surface area contributed by atoms with Crippen molar-refractivity contribution in [3.05, 3.63) is 35.4 Å². The minimum absolute atomic E-state index is 0.124. The first-order chi connectivity index (χ1) is 14.5. The number of nitrogens with zero attached hydrogens (tertiary/aromatic N) is 3. The summed E-state index contributed by atoms with van der Waals surface area (Å²) in [5.41, 5.74) is 1.89. The molecule has 2 saturated heterocycles. The molecule has 1 aromatic carbocycles. The van der Waals surface area contributed by atoms with Crippen molar-refractivity contribution in [1.82, 2.24) is 19.4 Å². The van der Waals surface area contributed by atoms with E-state index in [1.54, 1.807) is 11.2 Å². The van der Waals surface area contributed by atoms with Gasteiger partial charge in [0.1, 0.15) is 0 Å². The number of sulfonamides is 1. The summed E-state index contributed by atoms with van der Waals surface area (Å²) < 4.78 is 25.5. The van der Waals surface area contributed by atoms with Gasteiger partial charge in [-0.2, -0.15) is 4.31 Å². The molecule has 30 heavy (non-hydrogen) atoms. The van der Waals surface area contributed by atoms with Crippen LogP contribution >= 0.6 is 0 Å². The van der Waals surface area contributed by atoms with Crippen LogP contribution in [0.5, 0.6) is 0 Å². The second-order valence-electron chi connectivity index (χ2n) is 8.27. The first kappa shape index (κ1) is 23.3. The quantitative estimate of drug-likeness (QED) is 0.442. The van der Waals surface area contributed by atoms with Crippen LogP contribution in [0.15, 0.2) is 24.3 Å². The molecule has 0 atom stereocenters. The second-order valence-corrected chi connectivity index (χ2v) is 10.5. The lowest BCUT2D eigenvalue weighted by atomic mass is 10.1. The van der Waals surface area contributed by atoms with Crippen molar-refractivity contribution in [2.24, 2.45) is 0 Å². The molecular formula is C22H36N4O3S. The van der Waals surface area contributed by atoms with Crippen LogP contribution in [0.1, 0.15) is 42.1 Å². The summed E-state index contributed by atoms with van der Waals surface area (Å²) in [5, 5.41) is 3.28. The van der Waals surface area contributed by atoms with Crippen molar-refractivity contribution in [2.45, 2.75) is 32.7 Å². The number of carbonyl (C=O) groups excluding carboxylic acids is 1. The van der Waals surface area contributed by atoms with Crippen LogP contribution in [0.25, 0.3) is 0 Å². The molecule has 7 nitrogen and oxygen atoms in total. The van der Waals surface area contributed by atoms with E-state index in [4.69, 9.17) is 0 Å². The van der Waals surface area contributed by atoms with Crippen molar-refractivity contribution >= 4 is 15.8 Å². The number of nitrogens with one attached hydrogen (secondary N) is 1. The topological polar surface area (TPSA) is 73.0 Å². The first-order valence-corrected chi connectivity index (χ1v) is 12.8. The van der Waals surface area contributed by atoms with Crippen LogP contribution in [0.2, 0.25) is 0 Å². The molecule has 2 fully saturated rings. The van der Waals surface area contributed by atoms with Gasteiger partial charge in [0, 0.05) is 51.4 Å². The highest BCUT2D eigenvalue weighted by molar-refractivity contribution is 7.89. The number of hydrogen-bond acceptors (Lipinski definition) is 6. The van der Waals surface area contributed by atoms with Crippen molar-refractivity contribution in [3.8, 4) is 0 Å². The molecule has 2 aliphatic heterocycles. The van der Waals surface area contributed by atoms with E-state index in [2.05, 4.69) is 15.1 Å². The second kappa shape index (κ2) is 11.3. The Bertz CT molecular complexity index is 768. The SMILES string of the molecule is CCS(=O)(=O)N1CCN(Cc2ccc(C(=O)CNCCN3CCCCC3)cc2)CC1. The van der Waals surface area contributed by atoms with E-state index in [1.165, 1.54) is 32.4 Å². The molecule has 0 aromatic heterocycles. The fourth-order valence-corrected chi connectivity index (χ4v) is 5.21. The van der Waals surface area contributed by atoms with Gasteiger partial charge < -0.3 is 10.2 Å². The van der Waals surface area contributed by atoms with Gasteiger partial charge in [0.15, 0.2) is 5.78 Å². The van der Waals surface area contributed by atoms with E-state index in [9.17, 15) is 13.2 Å². The molecule has 2 aliphatic rings. The van der Waals surface area contributed by atoms with Gasteiger partial charge in [-0.05, 0) is 38.4 Å². The normalized spacial score (nSPS) is 19.8. The Morgan fingerprint density at radius 3 is 2.23 bits per heavy atom. The zero-order chi connectivity index (χ0) is 21.4.